The molecule has 0 aliphatic carbocycles. The van der Waals surface area contributed by atoms with Crippen LogP contribution in [0.15, 0.2) is 36.5 Å². The van der Waals surface area contributed by atoms with Crippen molar-refractivity contribution < 1.29 is 4.79 Å². The number of amides is 1. The molecule has 5 heteroatoms. The fourth-order valence-corrected chi connectivity index (χ4v) is 3.86. The van der Waals surface area contributed by atoms with Gasteiger partial charge in [0.15, 0.2) is 0 Å². The van der Waals surface area contributed by atoms with E-state index < -0.39 is 0 Å². The van der Waals surface area contributed by atoms with Crippen molar-refractivity contribution in [2.24, 2.45) is 0 Å². The molecule has 2 aromatic rings. The second-order valence-electron chi connectivity index (χ2n) is 6.11. The van der Waals surface area contributed by atoms with Gasteiger partial charge in [0.05, 0.1) is 11.6 Å². The topological polar surface area (TPSA) is 46.9 Å². The van der Waals surface area contributed by atoms with Crippen LogP contribution >= 0.6 is 11.8 Å². The molecule has 23 heavy (non-hydrogen) atoms. The molecule has 0 bridgehead atoms. The molecule has 122 valence electrons. The SMILES string of the molecule is CSC[C@@H](C(=O)N[C@@H]1CCc2nc(C)cn2C1)c1ccccc1. The van der Waals surface area contributed by atoms with Crippen LogP contribution in [0.2, 0.25) is 0 Å². The summed E-state index contributed by atoms with van der Waals surface area (Å²) in [6.45, 7) is 2.84. The Morgan fingerprint density at radius 2 is 2.22 bits per heavy atom. The Hall–Kier alpha value is -1.75. The molecule has 0 fully saturated rings. The van der Waals surface area contributed by atoms with Gasteiger partial charge in [-0.25, -0.2) is 4.98 Å². The quantitative estimate of drug-likeness (QED) is 0.917. The van der Waals surface area contributed by atoms with E-state index in [-0.39, 0.29) is 17.9 Å². The molecule has 0 spiro atoms. The van der Waals surface area contributed by atoms with E-state index in [1.54, 1.807) is 11.8 Å². The smallest absolute Gasteiger partial charge is 0.228 e. The maximum Gasteiger partial charge on any atom is 0.228 e. The summed E-state index contributed by atoms with van der Waals surface area (Å²) in [4.78, 5) is 17.3. The van der Waals surface area contributed by atoms with Crippen molar-refractivity contribution >= 4 is 17.7 Å². The summed E-state index contributed by atoms with van der Waals surface area (Å²) in [6, 6.07) is 10.3. The molecule has 2 heterocycles. The van der Waals surface area contributed by atoms with E-state index in [0.29, 0.717) is 0 Å². The summed E-state index contributed by atoms with van der Waals surface area (Å²) in [7, 11) is 0. The molecule has 0 unspecified atom stereocenters. The van der Waals surface area contributed by atoms with Gasteiger partial charge in [-0.3, -0.25) is 4.79 Å². The molecule has 1 aliphatic heterocycles. The maximum absolute atomic E-state index is 12.8. The Bertz CT molecular complexity index is 668. The minimum absolute atomic E-state index is 0.0860. The van der Waals surface area contributed by atoms with Crippen LogP contribution in [-0.4, -0.2) is 33.5 Å². The average molecular weight is 329 g/mol. The van der Waals surface area contributed by atoms with Gasteiger partial charge in [0.1, 0.15) is 5.82 Å². The summed E-state index contributed by atoms with van der Waals surface area (Å²) >= 11 is 1.71. The van der Waals surface area contributed by atoms with Crippen molar-refractivity contribution in [2.75, 3.05) is 12.0 Å². The number of hydrogen-bond acceptors (Lipinski definition) is 3. The third-order valence-corrected chi connectivity index (χ3v) is 4.98. The molecule has 1 amide bonds. The highest BCUT2D eigenvalue weighted by Crippen LogP contribution is 2.21. The summed E-state index contributed by atoms with van der Waals surface area (Å²) in [6.07, 6.45) is 6.01. The normalized spacial score (nSPS) is 18.3. The second-order valence-corrected chi connectivity index (χ2v) is 7.02. The number of rotatable bonds is 5. The molecule has 4 nitrogen and oxygen atoms in total. The summed E-state index contributed by atoms with van der Waals surface area (Å²) in [5.41, 5.74) is 2.14. The molecule has 1 aliphatic rings. The predicted octanol–water partition coefficient (Wildman–Crippen LogP) is 2.77. The monoisotopic (exact) mass is 329 g/mol. The van der Waals surface area contributed by atoms with Crippen LogP contribution in [0.4, 0.5) is 0 Å². The number of aryl methyl sites for hydroxylation is 2. The zero-order chi connectivity index (χ0) is 16.2. The van der Waals surface area contributed by atoms with Gasteiger partial charge in [-0.15, -0.1) is 0 Å². The number of imidazole rings is 1. The zero-order valence-corrected chi connectivity index (χ0v) is 14.5. The molecule has 1 N–H and O–H groups in total. The van der Waals surface area contributed by atoms with Crippen molar-refractivity contribution in [3.05, 3.63) is 53.6 Å². The van der Waals surface area contributed by atoms with Gasteiger partial charge in [0.25, 0.3) is 0 Å². The molecule has 2 atom stereocenters. The first-order chi connectivity index (χ1) is 11.2. The van der Waals surface area contributed by atoms with Crippen molar-refractivity contribution in [1.82, 2.24) is 14.9 Å². The Morgan fingerprint density at radius 1 is 1.43 bits per heavy atom. The third kappa shape index (κ3) is 3.78. The van der Waals surface area contributed by atoms with Gasteiger partial charge in [-0.05, 0) is 25.2 Å². The van der Waals surface area contributed by atoms with Gasteiger partial charge < -0.3 is 9.88 Å². The molecule has 0 saturated heterocycles. The first kappa shape index (κ1) is 16.1. The number of thioether (sulfide) groups is 1. The van der Waals surface area contributed by atoms with Crippen LogP contribution in [-0.2, 0) is 17.8 Å². The summed E-state index contributed by atoms with van der Waals surface area (Å²) in [5, 5.41) is 3.25. The molecule has 0 saturated carbocycles. The predicted molar refractivity (Wildman–Crippen MR) is 94.8 cm³/mol. The van der Waals surface area contributed by atoms with E-state index in [9.17, 15) is 4.79 Å². The molecule has 0 radical (unpaired) electrons. The van der Waals surface area contributed by atoms with Crippen LogP contribution in [0.25, 0.3) is 0 Å². The Labute approximate surface area is 141 Å². The molecule has 1 aromatic heterocycles. The van der Waals surface area contributed by atoms with E-state index in [1.807, 2.05) is 43.5 Å². The van der Waals surface area contributed by atoms with Gasteiger partial charge in [0.2, 0.25) is 5.91 Å². The highest BCUT2D eigenvalue weighted by molar-refractivity contribution is 7.98. The Morgan fingerprint density at radius 3 is 2.96 bits per heavy atom. The number of benzene rings is 1. The number of fused-ring (bicyclic) bond motifs is 1. The lowest BCUT2D eigenvalue weighted by Crippen LogP contribution is -2.43. The minimum atomic E-state index is -0.0860. The zero-order valence-electron chi connectivity index (χ0n) is 13.7. The van der Waals surface area contributed by atoms with Crippen molar-refractivity contribution in [3.63, 3.8) is 0 Å². The highest BCUT2D eigenvalue weighted by Gasteiger charge is 2.25. The molecule has 3 rings (SSSR count). The second kappa shape index (κ2) is 7.21. The van der Waals surface area contributed by atoms with Crippen molar-refractivity contribution in [2.45, 2.75) is 38.3 Å². The maximum atomic E-state index is 12.8. The number of hydrogen-bond donors (Lipinski definition) is 1. The summed E-state index contributed by atoms with van der Waals surface area (Å²) < 4.78 is 2.18. The van der Waals surface area contributed by atoms with Crippen molar-refractivity contribution in [1.29, 1.82) is 0 Å². The van der Waals surface area contributed by atoms with E-state index in [2.05, 4.69) is 21.1 Å². The average Bonchev–Trinajstić information content (AvgIpc) is 2.92. The third-order valence-electron chi connectivity index (χ3n) is 4.31. The van der Waals surface area contributed by atoms with Gasteiger partial charge in [0, 0.05) is 31.0 Å². The summed E-state index contributed by atoms with van der Waals surface area (Å²) in [5.74, 6) is 1.99. The van der Waals surface area contributed by atoms with E-state index >= 15 is 0 Å². The Kier molecular flexibility index (Phi) is 5.06. The van der Waals surface area contributed by atoms with Crippen LogP contribution in [0.3, 0.4) is 0 Å². The number of nitrogens with one attached hydrogen (secondary N) is 1. The van der Waals surface area contributed by atoms with E-state index in [4.69, 9.17) is 0 Å². The lowest BCUT2D eigenvalue weighted by atomic mass is 9.99. The Balaban J connectivity index is 1.68. The number of carbonyl (C=O) groups excluding carboxylic acids is 1. The van der Waals surface area contributed by atoms with Crippen LogP contribution in [0.5, 0.6) is 0 Å². The number of aromatic nitrogens is 2. The lowest BCUT2D eigenvalue weighted by Gasteiger charge is -2.27. The fourth-order valence-electron chi connectivity index (χ4n) is 3.18. The molecule has 1 aromatic carbocycles. The van der Waals surface area contributed by atoms with Crippen LogP contribution in [0.1, 0.15) is 29.4 Å². The number of carbonyl (C=O) groups is 1. The van der Waals surface area contributed by atoms with Crippen LogP contribution < -0.4 is 5.32 Å². The van der Waals surface area contributed by atoms with Gasteiger partial charge in [-0.2, -0.15) is 11.8 Å². The first-order valence-corrected chi connectivity index (χ1v) is 9.43. The molecular formula is C18H23N3OS. The largest absolute Gasteiger partial charge is 0.351 e. The van der Waals surface area contributed by atoms with E-state index in [1.165, 1.54) is 0 Å². The standard InChI is InChI=1S/C18H23N3OS/c1-13-10-21-11-15(8-9-17(21)19-13)20-18(22)16(12-23-2)14-6-4-3-5-7-14/h3-7,10,15-16H,8-9,11-12H2,1-2H3,(H,20,22)/t15-,16-/m1/s1. The fraction of sp³-hybridized carbons (Fsp3) is 0.444. The highest BCUT2D eigenvalue weighted by atomic mass is 32.2. The van der Waals surface area contributed by atoms with E-state index in [0.717, 1.165) is 42.2 Å². The van der Waals surface area contributed by atoms with Gasteiger partial charge in [-0.1, -0.05) is 30.3 Å². The number of nitrogens with zero attached hydrogens (tertiary/aromatic N) is 2. The lowest BCUT2D eigenvalue weighted by molar-refractivity contribution is -0.123. The van der Waals surface area contributed by atoms with Gasteiger partial charge >= 0.3 is 0 Å². The minimum Gasteiger partial charge on any atom is -0.351 e. The molecular weight excluding hydrogens is 306 g/mol. The van der Waals surface area contributed by atoms with Crippen molar-refractivity contribution in [3.8, 4) is 0 Å². The van der Waals surface area contributed by atoms with Crippen LogP contribution in [0, 0.1) is 6.92 Å². The first-order valence-electron chi connectivity index (χ1n) is 8.04.